The minimum absolute atomic E-state index is 0.300. The summed E-state index contributed by atoms with van der Waals surface area (Å²) in [6.07, 6.45) is -0.572. The molecule has 1 aromatic carbocycles. The summed E-state index contributed by atoms with van der Waals surface area (Å²) in [5.41, 5.74) is 1.04. The standard InChI is InChI=1S/C11H9ClO4/c1-15-10(13)8-5-6-3-2-4-7(12)9(6)11(14)16-8/h2-4,8H,5H2,1H3. The molecule has 84 valence electrons. The Kier molecular flexibility index (Phi) is 2.83. The van der Waals surface area contributed by atoms with E-state index in [1.165, 1.54) is 7.11 Å². The summed E-state index contributed by atoms with van der Waals surface area (Å²) in [6.45, 7) is 0. The minimum atomic E-state index is -0.872. The lowest BCUT2D eigenvalue weighted by atomic mass is 9.98. The zero-order valence-electron chi connectivity index (χ0n) is 8.53. The van der Waals surface area contributed by atoms with Crippen LogP contribution in [-0.4, -0.2) is 25.2 Å². The molecule has 1 unspecified atom stereocenters. The van der Waals surface area contributed by atoms with Crippen LogP contribution in [0.2, 0.25) is 5.02 Å². The van der Waals surface area contributed by atoms with E-state index in [4.69, 9.17) is 16.3 Å². The second kappa shape index (κ2) is 4.14. The van der Waals surface area contributed by atoms with Crippen LogP contribution >= 0.6 is 11.6 Å². The minimum Gasteiger partial charge on any atom is -0.466 e. The molecule has 0 saturated heterocycles. The van der Waals surface area contributed by atoms with E-state index in [1.54, 1.807) is 18.2 Å². The second-order valence-corrected chi connectivity index (χ2v) is 3.80. The van der Waals surface area contributed by atoms with Gasteiger partial charge in [-0.2, -0.15) is 0 Å². The molecule has 0 saturated carbocycles. The van der Waals surface area contributed by atoms with E-state index in [0.717, 1.165) is 0 Å². The average molecular weight is 241 g/mol. The molecule has 0 aliphatic carbocycles. The van der Waals surface area contributed by atoms with Crippen molar-refractivity contribution >= 4 is 23.5 Å². The fraction of sp³-hybridized carbons (Fsp3) is 0.273. The first kappa shape index (κ1) is 11.0. The van der Waals surface area contributed by atoms with Gasteiger partial charge in [0.15, 0.2) is 0 Å². The van der Waals surface area contributed by atoms with Crippen molar-refractivity contribution in [2.75, 3.05) is 7.11 Å². The van der Waals surface area contributed by atoms with Crippen molar-refractivity contribution in [3.05, 3.63) is 34.3 Å². The number of fused-ring (bicyclic) bond motifs is 1. The molecule has 1 aromatic rings. The van der Waals surface area contributed by atoms with Crippen LogP contribution in [-0.2, 0) is 20.7 Å². The Labute approximate surface area is 97.1 Å². The van der Waals surface area contributed by atoms with Gasteiger partial charge in [0.05, 0.1) is 17.7 Å². The van der Waals surface area contributed by atoms with Crippen molar-refractivity contribution in [1.29, 1.82) is 0 Å². The maximum absolute atomic E-state index is 11.6. The highest BCUT2D eigenvalue weighted by molar-refractivity contribution is 6.33. The predicted molar refractivity (Wildman–Crippen MR) is 56.4 cm³/mol. The van der Waals surface area contributed by atoms with Gasteiger partial charge < -0.3 is 9.47 Å². The van der Waals surface area contributed by atoms with E-state index in [2.05, 4.69) is 4.74 Å². The Bertz CT molecular complexity index is 455. The number of hydrogen-bond acceptors (Lipinski definition) is 4. The lowest BCUT2D eigenvalue weighted by Gasteiger charge is -2.23. The number of carbonyl (C=O) groups excluding carboxylic acids is 2. The van der Waals surface area contributed by atoms with Crippen LogP contribution in [0.5, 0.6) is 0 Å². The molecule has 1 aliphatic heterocycles. The van der Waals surface area contributed by atoms with E-state index in [1.807, 2.05) is 0 Å². The Morgan fingerprint density at radius 3 is 3.00 bits per heavy atom. The number of hydrogen-bond donors (Lipinski definition) is 0. The molecule has 0 N–H and O–H groups in total. The van der Waals surface area contributed by atoms with Crippen LogP contribution < -0.4 is 0 Å². The van der Waals surface area contributed by atoms with Gasteiger partial charge in [0, 0.05) is 6.42 Å². The van der Waals surface area contributed by atoms with Crippen LogP contribution in [0.3, 0.4) is 0 Å². The fourth-order valence-corrected chi connectivity index (χ4v) is 1.93. The average Bonchev–Trinajstić information content (AvgIpc) is 2.27. The number of rotatable bonds is 1. The Balaban J connectivity index is 2.37. The molecule has 0 aromatic heterocycles. The fourth-order valence-electron chi connectivity index (χ4n) is 1.66. The third kappa shape index (κ3) is 1.76. The van der Waals surface area contributed by atoms with Crippen molar-refractivity contribution in [2.24, 2.45) is 0 Å². The van der Waals surface area contributed by atoms with Crippen LogP contribution in [0.1, 0.15) is 15.9 Å². The van der Waals surface area contributed by atoms with Gasteiger partial charge in [-0.05, 0) is 11.6 Å². The lowest BCUT2D eigenvalue weighted by Crippen LogP contribution is -2.35. The van der Waals surface area contributed by atoms with Gasteiger partial charge in [0.25, 0.3) is 0 Å². The van der Waals surface area contributed by atoms with Gasteiger partial charge in [-0.25, -0.2) is 9.59 Å². The smallest absolute Gasteiger partial charge is 0.347 e. The van der Waals surface area contributed by atoms with Crippen molar-refractivity contribution in [3.8, 4) is 0 Å². The first-order valence-corrected chi connectivity index (χ1v) is 5.07. The van der Waals surface area contributed by atoms with E-state index in [9.17, 15) is 9.59 Å². The van der Waals surface area contributed by atoms with Gasteiger partial charge in [-0.3, -0.25) is 0 Å². The van der Waals surface area contributed by atoms with Crippen LogP contribution in [0.25, 0.3) is 0 Å². The zero-order chi connectivity index (χ0) is 11.7. The molecule has 1 heterocycles. The normalized spacial score (nSPS) is 18.6. The molecule has 0 spiro atoms. The van der Waals surface area contributed by atoms with E-state index in [-0.39, 0.29) is 0 Å². The van der Waals surface area contributed by atoms with Gasteiger partial charge >= 0.3 is 11.9 Å². The van der Waals surface area contributed by atoms with Gasteiger partial charge in [-0.1, -0.05) is 23.7 Å². The quantitative estimate of drug-likeness (QED) is 0.700. The SMILES string of the molecule is COC(=O)C1Cc2cccc(Cl)c2C(=O)O1. The third-order valence-corrected chi connectivity index (χ3v) is 2.74. The Morgan fingerprint density at radius 2 is 2.31 bits per heavy atom. The molecule has 16 heavy (non-hydrogen) atoms. The monoisotopic (exact) mass is 240 g/mol. The summed E-state index contributed by atoms with van der Waals surface area (Å²) in [7, 11) is 1.25. The van der Waals surface area contributed by atoms with Gasteiger partial charge in [-0.15, -0.1) is 0 Å². The van der Waals surface area contributed by atoms with Crippen LogP contribution in [0.4, 0.5) is 0 Å². The predicted octanol–water partition coefficient (Wildman–Crippen LogP) is 1.59. The highest BCUT2D eigenvalue weighted by Crippen LogP contribution is 2.27. The summed E-state index contributed by atoms with van der Waals surface area (Å²) in [6, 6.07) is 5.09. The van der Waals surface area contributed by atoms with Gasteiger partial charge in [0.1, 0.15) is 0 Å². The maximum atomic E-state index is 11.6. The largest absolute Gasteiger partial charge is 0.466 e. The van der Waals surface area contributed by atoms with Crippen LogP contribution in [0, 0.1) is 0 Å². The summed E-state index contributed by atoms with van der Waals surface area (Å²) in [5.74, 6) is -1.14. The summed E-state index contributed by atoms with van der Waals surface area (Å²) >= 11 is 5.88. The van der Waals surface area contributed by atoms with Crippen molar-refractivity contribution < 1.29 is 19.1 Å². The zero-order valence-corrected chi connectivity index (χ0v) is 9.28. The molecule has 0 fully saturated rings. The summed E-state index contributed by atoms with van der Waals surface area (Å²) < 4.78 is 9.48. The number of methoxy groups -OCH3 is 1. The second-order valence-electron chi connectivity index (χ2n) is 3.40. The molecule has 0 radical (unpaired) electrons. The Hall–Kier alpha value is -1.55. The lowest BCUT2D eigenvalue weighted by molar-refractivity contribution is -0.151. The summed E-state index contributed by atoms with van der Waals surface area (Å²) in [4.78, 5) is 22.9. The molecule has 1 atom stereocenters. The molecule has 0 bridgehead atoms. The number of esters is 2. The number of benzene rings is 1. The van der Waals surface area contributed by atoms with E-state index < -0.39 is 18.0 Å². The highest BCUT2D eigenvalue weighted by Gasteiger charge is 2.33. The summed E-state index contributed by atoms with van der Waals surface area (Å²) in [5, 5.41) is 0.339. The van der Waals surface area contributed by atoms with Crippen molar-refractivity contribution in [3.63, 3.8) is 0 Å². The first-order chi connectivity index (χ1) is 7.63. The molecular weight excluding hydrogens is 232 g/mol. The van der Waals surface area contributed by atoms with Crippen molar-refractivity contribution in [1.82, 2.24) is 0 Å². The molecule has 4 nitrogen and oxygen atoms in total. The molecule has 0 amide bonds. The molecular formula is C11H9ClO4. The first-order valence-electron chi connectivity index (χ1n) is 4.69. The number of cyclic esters (lactones) is 1. The van der Waals surface area contributed by atoms with Crippen LogP contribution in [0.15, 0.2) is 18.2 Å². The highest BCUT2D eigenvalue weighted by atomic mass is 35.5. The number of ether oxygens (including phenoxy) is 2. The third-order valence-electron chi connectivity index (χ3n) is 2.42. The van der Waals surface area contributed by atoms with E-state index >= 15 is 0 Å². The molecule has 1 aliphatic rings. The van der Waals surface area contributed by atoms with Gasteiger partial charge in [0.2, 0.25) is 6.10 Å². The molecule has 5 heteroatoms. The number of halogens is 1. The topological polar surface area (TPSA) is 52.6 Å². The van der Waals surface area contributed by atoms with E-state index in [0.29, 0.717) is 22.6 Å². The molecule has 2 rings (SSSR count). The van der Waals surface area contributed by atoms with Crippen molar-refractivity contribution in [2.45, 2.75) is 12.5 Å². The number of carbonyl (C=O) groups is 2. The maximum Gasteiger partial charge on any atom is 0.347 e. The Morgan fingerprint density at radius 1 is 1.56 bits per heavy atom.